The number of benzene rings is 9. The van der Waals surface area contributed by atoms with E-state index in [0.29, 0.717) is 0 Å². The van der Waals surface area contributed by atoms with Crippen LogP contribution in [0, 0.1) is 0 Å². The van der Waals surface area contributed by atoms with Crippen molar-refractivity contribution in [1.29, 1.82) is 0 Å². The number of thiophene rings is 1. The van der Waals surface area contributed by atoms with E-state index in [4.69, 9.17) is 9.41 Å². The highest BCUT2D eigenvalue weighted by atomic mass is 32.1. The van der Waals surface area contributed by atoms with Crippen LogP contribution in [-0.2, 0) is 0 Å². The molecule has 0 radical (unpaired) electrons. The van der Waals surface area contributed by atoms with Crippen LogP contribution in [0.15, 0.2) is 185 Å². The Labute approximate surface area is 326 Å². The molecule has 2 atom stereocenters. The first kappa shape index (κ1) is 31.5. The average Bonchev–Trinajstić information content (AvgIpc) is 3.82. The molecule has 0 saturated carbocycles. The highest BCUT2D eigenvalue weighted by molar-refractivity contribution is 7.25. The van der Waals surface area contributed by atoms with Crippen LogP contribution in [0.25, 0.3) is 85.6 Å². The number of furan rings is 1. The second kappa shape index (κ2) is 12.4. The van der Waals surface area contributed by atoms with Gasteiger partial charge in [0.25, 0.3) is 0 Å². The van der Waals surface area contributed by atoms with Gasteiger partial charge in [-0.25, -0.2) is 4.99 Å². The third-order valence-electron chi connectivity index (χ3n) is 11.5. The number of nitrogens with zero attached hydrogens (tertiary/aromatic N) is 1. The van der Waals surface area contributed by atoms with Gasteiger partial charge in [0, 0.05) is 42.1 Å². The maximum absolute atomic E-state index is 6.87. The van der Waals surface area contributed by atoms with Gasteiger partial charge >= 0.3 is 0 Å². The van der Waals surface area contributed by atoms with E-state index >= 15 is 0 Å². The third-order valence-corrected chi connectivity index (χ3v) is 12.6. The Morgan fingerprint density at radius 2 is 1.16 bits per heavy atom. The Bertz CT molecular complexity index is 3410. The van der Waals surface area contributed by atoms with Crippen LogP contribution in [0.5, 0.6) is 0 Å². The van der Waals surface area contributed by atoms with Crippen molar-refractivity contribution in [3.63, 3.8) is 0 Å². The van der Waals surface area contributed by atoms with Gasteiger partial charge in [-0.3, -0.25) is 5.32 Å². The number of amidine groups is 1. The number of aliphatic imine (C=N–C) groups is 1. The molecule has 9 aromatic carbocycles. The lowest BCUT2D eigenvalue weighted by atomic mass is 9.93. The molecule has 4 nitrogen and oxygen atoms in total. The predicted octanol–water partition coefficient (Wildman–Crippen LogP) is 13.4. The molecule has 0 bridgehead atoms. The maximum Gasteiger partial charge on any atom is 0.136 e. The van der Waals surface area contributed by atoms with Crippen LogP contribution in [-0.4, -0.2) is 5.84 Å². The third kappa shape index (κ3) is 5.06. The molecule has 12 rings (SSSR count). The highest BCUT2D eigenvalue weighted by Crippen LogP contribution is 2.44. The molecule has 0 aliphatic carbocycles. The Morgan fingerprint density at radius 1 is 0.482 bits per heavy atom. The first-order valence-electron chi connectivity index (χ1n) is 19.1. The fraction of sp³-hybridized carbons (Fsp3) is 0.0392. The van der Waals surface area contributed by atoms with Crippen molar-refractivity contribution < 1.29 is 4.42 Å². The molecule has 3 heterocycles. The molecule has 1 aliphatic rings. The first-order valence-corrected chi connectivity index (χ1v) is 19.9. The fourth-order valence-corrected chi connectivity index (χ4v) is 9.90. The van der Waals surface area contributed by atoms with Crippen LogP contribution in [0.1, 0.15) is 29.0 Å². The summed E-state index contributed by atoms with van der Waals surface area (Å²) in [5.41, 5.74) is 7.32. The molecule has 1 aliphatic heterocycles. The quantitative estimate of drug-likeness (QED) is 0.189. The molecular weight excluding hydrogens is 703 g/mol. The minimum atomic E-state index is -0.311. The molecule has 0 spiro atoms. The van der Waals surface area contributed by atoms with Crippen molar-refractivity contribution in [1.82, 2.24) is 10.6 Å². The summed E-state index contributed by atoms with van der Waals surface area (Å²) in [6, 6.07) is 63.3. The van der Waals surface area contributed by atoms with E-state index in [1.165, 1.54) is 52.7 Å². The van der Waals surface area contributed by atoms with Crippen molar-refractivity contribution in [2.75, 3.05) is 0 Å². The zero-order chi connectivity index (χ0) is 36.7. The molecule has 0 saturated heterocycles. The van der Waals surface area contributed by atoms with Gasteiger partial charge in [-0.2, -0.15) is 0 Å². The van der Waals surface area contributed by atoms with E-state index in [2.05, 4.69) is 187 Å². The molecular formula is C51H33N3OS. The normalized spacial score (nSPS) is 16.0. The molecule has 0 amide bonds. The van der Waals surface area contributed by atoms with Gasteiger partial charge in [0.05, 0.1) is 0 Å². The Balaban J connectivity index is 1.11. The lowest BCUT2D eigenvalue weighted by Crippen LogP contribution is -2.45. The Kier molecular flexibility index (Phi) is 6.97. The molecule has 264 valence electrons. The molecule has 2 N–H and O–H groups in total. The zero-order valence-electron chi connectivity index (χ0n) is 30.2. The monoisotopic (exact) mass is 735 g/mol. The predicted molar refractivity (Wildman–Crippen MR) is 236 cm³/mol. The van der Waals surface area contributed by atoms with E-state index in [0.717, 1.165) is 55.4 Å². The summed E-state index contributed by atoms with van der Waals surface area (Å²) in [5, 5.41) is 19.8. The minimum Gasteiger partial charge on any atom is -0.456 e. The van der Waals surface area contributed by atoms with Crippen LogP contribution in [0.2, 0.25) is 0 Å². The zero-order valence-corrected chi connectivity index (χ0v) is 31.0. The van der Waals surface area contributed by atoms with Crippen molar-refractivity contribution in [2.24, 2.45) is 4.99 Å². The summed E-state index contributed by atoms with van der Waals surface area (Å²) in [7, 11) is 0. The molecule has 11 aromatic rings. The summed E-state index contributed by atoms with van der Waals surface area (Å²) in [6.07, 6.45) is -0.618. The van der Waals surface area contributed by atoms with E-state index in [-0.39, 0.29) is 12.3 Å². The van der Waals surface area contributed by atoms with Gasteiger partial charge in [0.1, 0.15) is 29.3 Å². The van der Waals surface area contributed by atoms with Crippen LogP contribution < -0.4 is 10.6 Å². The summed E-state index contributed by atoms with van der Waals surface area (Å²) in [4.78, 5) is 5.40. The van der Waals surface area contributed by atoms with E-state index in [1.54, 1.807) is 0 Å². The standard InChI is InChI=1S/C51H33N3OS/c1-3-12-32-24-36(22-20-30(32)10-1)49-52-50(37-23-21-31-11-2-4-13-33(31)25-37)54-51(53-49)42-27-38(39-17-9-19-46-48(39)40-16-7-8-18-45(40)56-46)29-44-47(42)41-26-34-14-5-6-15-35(34)28-43(41)55-44/h1-29,49,51,53H,(H,52,54). The largest absolute Gasteiger partial charge is 0.456 e. The number of fused-ring (bicyclic) bond motifs is 9. The summed E-state index contributed by atoms with van der Waals surface area (Å²) in [6.45, 7) is 0. The second-order valence-electron chi connectivity index (χ2n) is 14.8. The summed E-state index contributed by atoms with van der Waals surface area (Å²) < 4.78 is 9.44. The molecule has 56 heavy (non-hydrogen) atoms. The van der Waals surface area contributed by atoms with Crippen molar-refractivity contribution in [2.45, 2.75) is 12.3 Å². The van der Waals surface area contributed by atoms with Gasteiger partial charge in [0.15, 0.2) is 0 Å². The highest BCUT2D eigenvalue weighted by Gasteiger charge is 2.29. The molecule has 5 heteroatoms. The SMILES string of the molecule is c1ccc2cc(C3=NC(c4ccc5ccccc5c4)NC(c4cc(-c5cccc6sc7ccccc7c56)cc5oc6cc7ccccc7cc6c45)N3)ccc2c1. The van der Waals surface area contributed by atoms with Crippen LogP contribution in [0.3, 0.4) is 0 Å². The van der Waals surface area contributed by atoms with Crippen molar-refractivity contribution in [3.8, 4) is 11.1 Å². The lowest BCUT2D eigenvalue weighted by molar-refractivity contribution is 0.411. The van der Waals surface area contributed by atoms with Crippen molar-refractivity contribution >= 4 is 91.6 Å². The minimum absolute atomic E-state index is 0.307. The fourth-order valence-electron chi connectivity index (χ4n) is 8.77. The van der Waals surface area contributed by atoms with E-state index in [1.807, 2.05) is 11.3 Å². The van der Waals surface area contributed by atoms with Gasteiger partial charge in [-0.15, -0.1) is 11.3 Å². The van der Waals surface area contributed by atoms with Gasteiger partial charge < -0.3 is 9.73 Å². The Hall–Kier alpha value is -6.79. The molecule has 0 fully saturated rings. The summed E-state index contributed by atoms with van der Waals surface area (Å²) >= 11 is 1.84. The lowest BCUT2D eigenvalue weighted by Gasteiger charge is -2.33. The maximum atomic E-state index is 6.87. The number of nitrogens with one attached hydrogen (secondary N) is 2. The van der Waals surface area contributed by atoms with E-state index < -0.39 is 0 Å². The van der Waals surface area contributed by atoms with Gasteiger partial charge in [-0.05, 0) is 97.5 Å². The van der Waals surface area contributed by atoms with Gasteiger partial charge in [-0.1, -0.05) is 127 Å². The van der Waals surface area contributed by atoms with Crippen LogP contribution >= 0.6 is 11.3 Å². The number of hydrogen-bond acceptors (Lipinski definition) is 5. The smallest absolute Gasteiger partial charge is 0.136 e. The van der Waals surface area contributed by atoms with Gasteiger partial charge in [0.2, 0.25) is 0 Å². The Morgan fingerprint density at radius 3 is 1.98 bits per heavy atom. The molecule has 2 aromatic heterocycles. The topological polar surface area (TPSA) is 49.6 Å². The van der Waals surface area contributed by atoms with E-state index in [9.17, 15) is 0 Å². The van der Waals surface area contributed by atoms with Crippen LogP contribution in [0.4, 0.5) is 0 Å². The second-order valence-corrected chi connectivity index (χ2v) is 15.9. The number of rotatable bonds is 4. The number of hydrogen-bond donors (Lipinski definition) is 2. The first-order chi connectivity index (χ1) is 27.7. The van der Waals surface area contributed by atoms with Crippen molar-refractivity contribution in [3.05, 3.63) is 193 Å². The average molecular weight is 736 g/mol. The molecule has 2 unspecified atom stereocenters. The summed E-state index contributed by atoms with van der Waals surface area (Å²) in [5.74, 6) is 0.848.